The Morgan fingerprint density at radius 3 is 3.00 bits per heavy atom. The Morgan fingerprint density at radius 2 is 2.14 bits per heavy atom. The first-order valence-corrected chi connectivity index (χ1v) is 5.84. The van der Waals surface area contributed by atoms with E-state index in [1.807, 2.05) is 0 Å². The minimum atomic E-state index is 0.689. The fraction of sp³-hybridized carbons (Fsp3) is 0.571. The maximum Gasteiger partial charge on any atom is -0.00624 e. The molecule has 0 heteroatoms. The first-order valence-electron chi connectivity index (χ1n) is 5.84. The van der Waals surface area contributed by atoms with Gasteiger partial charge in [0.25, 0.3) is 0 Å². The molecule has 0 heterocycles. The maximum atomic E-state index is 2.53. The molecule has 3 aliphatic carbocycles. The Balaban J connectivity index is 2.03. The summed E-state index contributed by atoms with van der Waals surface area (Å²) < 4.78 is 0. The van der Waals surface area contributed by atoms with Gasteiger partial charge in [-0.25, -0.2) is 0 Å². The second-order valence-corrected chi connectivity index (χ2v) is 5.66. The smallest absolute Gasteiger partial charge is 0.00624 e. The van der Waals surface area contributed by atoms with Crippen LogP contribution in [-0.4, -0.2) is 0 Å². The van der Waals surface area contributed by atoms with Crippen molar-refractivity contribution in [2.75, 3.05) is 0 Å². The molecule has 3 aliphatic rings. The molecule has 4 atom stereocenters. The summed E-state index contributed by atoms with van der Waals surface area (Å²) >= 11 is 0. The quantitative estimate of drug-likeness (QED) is 0.578. The van der Waals surface area contributed by atoms with Gasteiger partial charge in [-0.15, -0.1) is 0 Å². The summed E-state index contributed by atoms with van der Waals surface area (Å²) in [6.45, 7) is 4.82. The molecule has 0 bridgehead atoms. The van der Waals surface area contributed by atoms with Crippen molar-refractivity contribution in [3.8, 4) is 0 Å². The monoisotopic (exact) mass is 184 g/mol. The van der Waals surface area contributed by atoms with Gasteiger partial charge in [-0.2, -0.15) is 0 Å². The predicted octanol–water partition coefficient (Wildman–Crippen LogP) is 3.61. The van der Waals surface area contributed by atoms with Gasteiger partial charge in [-0.05, 0) is 59.6 Å². The normalized spacial score (nSPS) is 46.3. The fourth-order valence-electron chi connectivity index (χ4n) is 4.69. The van der Waals surface area contributed by atoms with Crippen molar-refractivity contribution in [1.82, 2.24) is 0 Å². The van der Waals surface area contributed by atoms with Crippen molar-refractivity contribution in [1.29, 1.82) is 0 Å². The molecule has 2 saturated carbocycles. The van der Waals surface area contributed by atoms with E-state index in [2.05, 4.69) is 32.0 Å². The molecular weight excluding hydrogens is 168 g/mol. The van der Waals surface area contributed by atoms with Gasteiger partial charge in [0.05, 0.1) is 0 Å². The highest BCUT2D eigenvalue weighted by atomic mass is 14.8. The highest BCUT2D eigenvalue weighted by Gasteiger charge is 2.72. The topological polar surface area (TPSA) is 0 Å². The van der Waals surface area contributed by atoms with Crippen molar-refractivity contribution in [3.05, 3.63) is 34.9 Å². The lowest BCUT2D eigenvalue weighted by Crippen LogP contribution is -2.04. The molecular formula is C14H16. The van der Waals surface area contributed by atoms with E-state index in [4.69, 9.17) is 0 Å². The lowest BCUT2D eigenvalue weighted by atomic mass is 9.87. The highest BCUT2D eigenvalue weighted by Crippen LogP contribution is 2.82. The zero-order chi connectivity index (χ0) is 9.50. The minimum absolute atomic E-state index is 0.689. The number of benzene rings is 1. The second kappa shape index (κ2) is 1.93. The number of hydrogen-bond donors (Lipinski definition) is 0. The van der Waals surface area contributed by atoms with E-state index in [1.165, 1.54) is 12.8 Å². The van der Waals surface area contributed by atoms with Crippen molar-refractivity contribution in [2.24, 2.45) is 11.3 Å². The Morgan fingerprint density at radius 1 is 1.29 bits per heavy atom. The molecule has 1 aromatic rings. The van der Waals surface area contributed by atoms with Crippen molar-refractivity contribution in [3.63, 3.8) is 0 Å². The number of rotatable bonds is 0. The average molecular weight is 184 g/mol. The van der Waals surface area contributed by atoms with E-state index in [-0.39, 0.29) is 0 Å². The van der Waals surface area contributed by atoms with Crippen LogP contribution in [0, 0.1) is 18.3 Å². The van der Waals surface area contributed by atoms with Crippen LogP contribution in [0.2, 0.25) is 0 Å². The molecule has 0 saturated heterocycles. The summed E-state index contributed by atoms with van der Waals surface area (Å²) in [4.78, 5) is 0. The summed E-state index contributed by atoms with van der Waals surface area (Å²) in [7, 11) is 0. The number of fused-ring (bicyclic) bond motifs is 4. The summed E-state index contributed by atoms with van der Waals surface area (Å²) in [5, 5.41) is 0. The van der Waals surface area contributed by atoms with E-state index >= 15 is 0 Å². The van der Waals surface area contributed by atoms with Crippen molar-refractivity contribution in [2.45, 2.75) is 38.5 Å². The van der Waals surface area contributed by atoms with Gasteiger partial charge in [0, 0.05) is 0 Å². The van der Waals surface area contributed by atoms with Crippen molar-refractivity contribution < 1.29 is 0 Å². The number of aryl methyl sites for hydroxylation is 1. The van der Waals surface area contributed by atoms with Crippen LogP contribution in [0.3, 0.4) is 0 Å². The van der Waals surface area contributed by atoms with Crippen LogP contribution in [0.25, 0.3) is 0 Å². The summed E-state index contributed by atoms with van der Waals surface area (Å²) in [5.74, 6) is 2.90. The van der Waals surface area contributed by atoms with Gasteiger partial charge < -0.3 is 0 Å². The molecule has 0 amide bonds. The second-order valence-electron chi connectivity index (χ2n) is 5.66. The lowest BCUT2D eigenvalue weighted by Gasteiger charge is -2.17. The van der Waals surface area contributed by atoms with Gasteiger partial charge in [0.15, 0.2) is 0 Å². The maximum absolute atomic E-state index is 2.53. The first-order chi connectivity index (χ1) is 6.74. The van der Waals surface area contributed by atoms with Crippen LogP contribution >= 0.6 is 0 Å². The molecule has 14 heavy (non-hydrogen) atoms. The molecule has 4 rings (SSSR count). The Kier molecular flexibility index (Phi) is 1.04. The van der Waals surface area contributed by atoms with Gasteiger partial charge in [0.1, 0.15) is 0 Å². The van der Waals surface area contributed by atoms with Gasteiger partial charge >= 0.3 is 0 Å². The zero-order valence-electron chi connectivity index (χ0n) is 8.88. The lowest BCUT2D eigenvalue weighted by molar-refractivity contribution is 0.475. The molecule has 0 radical (unpaired) electrons. The Bertz CT molecular complexity index is 432. The third-order valence-corrected chi connectivity index (χ3v) is 5.32. The molecule has 2 unspecified atom stereocenters. The molecule has 0 nitrogen and oxygen atoms in total. The summed E-state index contributed by atoms with van der Waals surface area (Å²) in [5.41, 5.74) is 5.67. The molecule has 1 aromatic carbocycles. The fourth-order valence-corrected chi connectivity index (χ4v) is 4.69. The van der Waals surface area contributed by atoms with Gasteiger partial charge in [0.2, 0.25) is 0 Å². The van der Waals surface area contributed by atoms with Gasteiger partial charge in [-0.1, -0.05) is 25.1 Å². The van der Waals surface area contributed by atoms with E-state index in [9.17, 15) is 0 Å². The zero-order valence-corrected chi connectivity index (χ0v) is 8.88. The molecule has 0 aromatic heterocycles. The molecule has 72 valence electrons. The summed E-state index contributed by atoms with van der Waals surface area (Å²) in [6, 6.07) is 6.93. The molecule has 0 N–H and O–H groups in total. The van der Waals surface area contributed by atoms with Crippen LogP contribution in [0.5, 0.6) is 0 Å². The minimum Gasteiger partial charge on any atom is -0.0617 e. The van der Waals surface area contributed by atoms with E-state index in [0.717, 1.165) is 17.8 Å². The summed E-state index contributed by atoms with van der Waals surface area (Å²) in [6.07, 6.45) is 2.94. The molecule has 0 spiro atoms. The van der Waals surface area contributed by atoms with Gasteiger partial charge in [-0.3, -0.25) is 0 Å². The predicted molar refractivity (Wildman–Crippen MR) is 57.5 cm³/mol. The van der Waals surface area contributed by atoms with E-state index in [0.29, 0.717) is 5.41 Å². The van der Waals surface area contributed by atoms with Crippen LogP contribution in [-0.2, 0) is 0 Å². The van der Waals surface area contributed by atoms with Crippen LogP contribution in [0.4, 0.5) is 0 Å². The van der Waals surface area contributed by atoms with Crippen molar-refractivity contribution >= 4 is 0 Å². The largest absolute Gasteiger partial charge is 0.0617 e. The molecule has 0 aliphatic heterocycles. The SMILES string of the molecule is Cc1cccc2c1[C@H]1CCC3[C@@H]2C31C. The van der Waals surface area contributed by atoms with Crippen LogP contribution < -0.4 is 0 Å². The average Bonchev–Trinajstić information content (AvgIpc) is 2.58. The third kappa shape index (κ3) is 0.549. The van der Waals surface area contributed by atoms with E-state index < -0.39 is 0 Å². The molecule has 2 fully saturated rings. The standard InChI is InChI=1S/C14H16/c1-8-4-3-5-9-12(8)10-6-7-11-13(9)14(10,11)2/h3-5,10-11,13H,6-7H2,1-2H3/t10-,11?,13-,14?/m1/s1. The number of hydrogen-bond acceptors (Lipinski definition) is 0. The Labute approximate surface area is 85.3 Å². The van der Waals surface area contributed by atoms with Crippen LogP contribution in [0.1, 0.15) is 48.3 Å². The Hall–Kier alpha value is -0.780. The van der Waals surface area contributed by atoms with E-state index in [1.54, 1.807) is 16.7 Å². The highest BCUT2D eigenvalue weighted by molar-refractivity contribution is 5.55. The first kappa shape index (κ1) is 7.50. The van der Waals surface area contributed by atoms with Crippen LogP contribution in [0.15, 0.2) is 18.2 Å². The third-order valence-electron chi connectivity index (χ3n) is 5.32.